The average Bonchev–Trinajstić information content (AvgIpc) is 2.49. The van der Waals surface area contributed by atoms with Crippen LogP contribution in [0.1, 0.15) is 38.5 Å². The second kappa shape index (κ2) is 5.89. The van der Waals surface area contributed by atoms with Crippen LogP contribution in [-0.4, -0.2) is 25.3 Å². The maximum atomic E-state index is 13.0. The van der Waals surface area contributed by atoms with Gasteiger partial charge in [0.1, 0.15) is 0 Å². The van der Waals surface area contributed by atoms with Crippen molar-refractivity contribution >= 4 is 31.6 Å². The molecule has 0 bridgehead atoms. The van der Waals surface area contributed by atoms with Crippen LogP contribution in [0.5, 0.6) is 0 Å². The number of nitrogen functional groups attached to an aromatic ring is 1. The maximum Gasteiger partial charge on any atom is 0.243 e. The first-order valence-corrected chi connectivity index (χ1v) is 9.80. The lowest BCUT2D eigenvalue weighted by molar-refractivity contribution is 0.129. The highest BCUT2D eigenvalue weighted by molar-refractivity contribution is 9.10. The Hall–Kier alpha value is -0.590. The maximum absolute atomic E-state index is 13.0. The van der Waals surface area contributed by atoms with Crippen molar-refractivity contribution in [3.8, 4) is 0 Å². The van der Waals surface area contributed by atoms with E-state index in [4.69, 9.17) is 5.73 Å². The summed E-state index contributed by atoms with van der Waals surface area (Å²) in [6.07, 6.45) is 6.68. The highest BCUT2D eigenvalue weighted by Crippen LogP contribution is 2.38. The zero-order chi connectivity index (χ0) is 15.0. The molecule has 0 aromatic heterocycles. The summed E-state index contributed by atoms with van der Waals surface area (Å²) in [4.78, 5) is 0.342. The highest BCUT2D eigenvalue weighted by atomic mass is 79.9. The minimum absolute atomic E-state index is 0.189. The monoisotopic (exact) mass is 372 g/mol. The second-order valence-corrected chi connectivity index (χ2v) is 8.80. The number of hydrogen-bond acceptors (Lipinski definition) is 3. The minimum atomic E-state index is -3.42. The van der Waals surface area contributed by atoms with E-state index in [1.807, 2.05) is 0 Å². The van der Waals surface area contributed by atoms with Gasteiger partial charge in [-0.3, -0.25) is 0 Å². The topological polar surface area (TPSA) is 63.4 Å². The highest BCUT2D eigenvalue weighted by Gasteiger charge is 2.39. The summed E-state index contributed by atoms with van der Waals surface area (Å²) >= 11 is 3.32. The zero-order valence-electron chi connectivity index (χ0n) is 12.0. The van der Waals surface area contributed by atoms with Gasteiger partial charge in [-0.25, -0.2) is 8.42 Å². The number of nitrogens with two attached hydrogens (primary N) is 1. The quantitative estimate of drug-likeness (QED) is 0.809. The van der Waals surface area contributed by atoms with Gasteiger partial charge in [-0.2, -0.15) is 4.31 Å². The number of benzene rings is 1. The lowest BCUT2D eigenvalue weighted by Crippen LogP contribution is -2.49. The van der Waals surface area contributed by atoms with Crippen molar-refractivity contribution in [3.63, 3.8) is 0 Å². The molecule has 3 rings (SSSR count). The summed E-state index contributed by atoms with van der Waals surface area (Å²) in [7, 11) is -3.42. The Morgan fingerprint density at radius 2 is 1.86 bits per heavy atom. The van der Waals surface area contributed by atoms with Gasteiger partial charge in [0.15, 0.2) is 0 Å². The summed E-state index contributed by atoms with van der Waals surface area (Å²) in [5.74, 6) is 0.541. The molecule has 116 valence electrons. The van der Waals surface area contributed by atoms with Gasteiger partial charge < -0.3 is 5.73 Å². The molecule has 0 spiro atoms. The third-order valence-electron chi connectivity index (χ3n) is 4.77. The molecule has 1 aliphatic carbocycles. The van der Waals surface area contributed by atoms with E-state index >= 15 is 0 Å². The van der Waals surface area contributed by atoms with Gasteiger partial charge in [0, 0.05) is 22.7 Å². The molecule has 1 aliphatic heterocycles. The number of piperidine rings is 1. The van der Waals surface area contributed by atoms with Gasteiger partial charge in [0.05, 0.1) is 4.90 Å². The molecule has 6 heteroatoms. The third kappa shape index (κ3) is 2.85. The molecule has 0 unspecified atom stereocenters. The van der Waals surface area contributed by atoms with Gasteiger partial charge in [-0.1, -0.05) is 12.8 Å². The fourth-order valence-electron chi connectivity index (χ4n) is 3.68. The smallest absolute Gasteiger partial charge is 0.243 e. The van der Waals surface area contributed by atoms with E-state index in [1.54, 1.807) is 22.5 Å². The molecule has 2 N–H and O–H groups in total. The van der Waals surface area contributed by atoms with Crippen molar-refractivity contribution in [2.45, 2.75) is 49.5 Å². The van der Waals surface area contributed by atoms with E-state index in [0.29, 0.717) is 27.5 Å². The first kappa shape index (κ1) is 15.3. The van der Waals surface area contributed by atoms with Crippen LogP contribution in [-0.2, 0) is 10.0 Å². The van der Waals surface area contributed by atoms with Crippen LogP contribution in [0.15, 0.2) is 27.6 Å². The Morgan fingerprint density at radius 3 is 2.62 bits per heavy atom. The van der Waals surface area contributed by atoms with Crippen LogP contribution in [0, 0.1) is 5.92 Å². The Bertz CT molecular complexity index is 631. The third-order valence-corrected chi connectivity index (χ3v) is 7.38. The standard InChI is InChI=1S/C15H21BrN2O2S/c16-13-10-12(7-8-14(13)17)21(19,20)18-9-3-5-11-4-1-2-6-15(11)18/h7-8,10-11,15H,1-6,9,17H2/t11-,15-/m1/s1. The van der Waals surface area contributed by atoms with Crippen LogP contribution in [0.3, 0.4) is 0 Å². The summed E-state index contributed by atoms with van der Waals surface area (Å²) in [6.45, 7) is 0.644. The van der Waals surface area contributed by atoms with Crippen LogP contribution < -0.4 is 5.73 Å². The fourth-order valence-corrected chi connectivity index (χ4v) is 5.99. The molecule has 0 amide bonds. The summed E-state index contributed by atoms with van der Waals surface area (Å²) in [5, 5.41) is 0. The molecule has 21 heavy (non-hydrogen) atoms. The van der Waals surface area contributed by atoms with Crippen molar-refractivity contribution < 1.29 is 8.42 Å². The number of sulfonamides is 1. The zero-order valence-corrected chi connectivity index (χ0v) is 14.4. The molecule has 2 atom stereocenters. The van der Waals surface area contributed by atoms with Crippen LogP contribution in [0.4, 0.5) is 5.69 Å². The second-order valence-electron chi connectivity index (χ2n) is 6.05. The first-order valence-electron chi connectivity index (χ1n) is 7.57. The number of anilines is 1. The molecule has 0 radical (unpaired) electrons. The summed E-state index contributed by atoms with van der Waals surface area (Å²) in [5.41, 5.74) is 6.32. The molecule has 2 aliphatic rings. The van der Waals surface area contributed by atoms with Gasteiger partial charge in [0.2, 0.25) is 10.0 Å². The van der Waals surface area contributed by atoms with Gasteiger partial charge in [-0.05, 0) is 65.7 Å². The van der Waals surface area contributed by atoms with Crippen molar-refractivity contribution in [1.82, 2.24) is 4.31 Å². The normalized spacial score (nSPS) is 27.3. The molecular formula is C15H21BrN2O2S. The average molecular weight is 373 g/mol. The molecule has 1 saturated carbocycles. The van der Waals surface area contributed by atoms with Crippen molar-refractivity contribution in [3.05, 3.63) is 22.7 Å². The van der Waals surface area contributed by atoms with Crippen LogP contribution in [0.25, 0.3) is 0 Å². The number of hydrogen-bond donors (Lipinski definition) is 1. The summed E-state index contributed by atoms with van der Waals surface area (Å²) < 4.78 is 28.3. The van der Waals surface area contributed by atoms with Gasteiger partial charge in [-0.15, -0.1) is 0 Å². The van der Waals surface area contributed by atoms with E-state index in [9.17, 15) is 8.42 Å². The van der Waals surface area contributed by atoms with Crippen molar-refractivity contribution in [2.75, 3.05) is 12.3 Å². The van der Waals surface area contributed by atoms with Crippen molar-refractivity contribution in [2.24, 2.45) is 5.92 Å². The lowest BCUT2D eigenvalue weighted by atomic mass is 9.79. The fraction of sp³-hybridized carbons (Fsp3) is 0.600. The Labute approximate surface area is 134 Å². The van der Waals surface area contributed by atoms with E-state index in [-0.39, 0.29) is 6.04 Å². The van der Waals surface area contributed by atoms with E-state index in [1.165, 1.54) is 19.3 Å². The van der Waals surface area contributed by atoms with Gasteiger partial charge >= 0.3 is 0 Å². The predicted molar refractivity (Wildman–Crippen MR) is 87.4 cm³/mol. The van der Waals surface area contributed by atoms with E-state index in [2.05, 4.69) is 15.9 Å². The molecule has 1 saturated heterocycles. The molecule has 4 nitrogen and oxygen atoms in total. The number of fused-ring (bicyclic) bond motifs is 1. The summed E-state index contributed by atoms with van der Waals surface area (Å²) in [6, 6.07) is 5.08. The van der Waals surface area contributed by atoms with Gasteiger partial charge in [0.25, 0.3) is 0 Å². The molecule has 1 aromatic carbocycles. The van der Waals surface area contributed by atoms with Crippen molar-refractivity contribution in [1.29, 1.82) is 0 Å². The molecule has 1 heterocycles. The van der Waals surface area contributed by atoms with Crippen LogP contribution >= 0.6 is 15.9 Å². The lowest BCUT2D eigenvalue weighted by Gasteiger charge is -2.43. The largest absolute Gasteiger partial charge is 0.398 e. The molecule has 1 aromatic rings. The SMILES string of the molecule is Nc1ccc(S(=O)(=O)N2CCC[C@H]3CCCC[C@H]32)cc1Br. The predicted octanol–water partition coefficient (Wildman–Crippen LogP) is 3.37. The molecular weight excluding hydrogens is 352 g/mol. The van der Waals surface area contributed by atoms with E-state index < -0.39 is 10.0 Å². The number of rotatable bonds is 2. The Balaban J connectivity index is 1.94. The Kier molecular flexibility index (Phi) is 4.30. The Morgan fingerprint density at radius 1 is 1.14 bits per heavy atom. The minimum Gasteiger partial charge on any atom is -0.398 e. The number of nitrogens with zero attached hydrogens (tertiary/aromatic N) is 1. The molecule has 2 fully saturated rings. The number of halogens is 1. The van der Waals surface area contributed by atoms with E-state index in [0.717, 1.165) is 19.3 Å². The first-order chi connectivity index (χ1) is 10.00. The van der Waals surface area contributed by atoms with Crippen LogP contribution in [0.2, 0.25) is 0 Å².